The summed E-state index contributed by atoms with van der Waals surface area (Å²) in [6.07, 6.45) is 2.39. The first kappa shape index (κ1) is 17.0. The quantitative estimate of drug-likeness (QED) is 0.686. The van der Waals surface area contributed by atoms with Crippen LogP contribution in [0.4, 0.5) is 10.2 Å². The number of aromatic nitrogens is 3. The zero-order valence-electron chi connectivity index (χ0n) is 13.8. The Morgan fingerprint density at radius 3 is 2.68 bits per heavy atom. The van der Waals surface area contributed by atoms with Gasteiger partial charge >= 0.3 is 0 Å². The molecule has 0 saturated heterocycles. The van der Waals surface area contributed by atoms with Crippen LogP contribution in [0.25, 0.3) is 11.5 Å². The van der Waals surface area contributed by atoms with E-state index in [1.165, 1.54) is 12.1 Å². The molecule has 0 amide bonds. The van der Waals surface area contributed by atoms with Gasteiger partial charge < -0.3 is 14.9 Å². The maximum Gasteiger partial charge on any atom is 0.259 e. The van der Waals surface area contributed by atoms with Gasteiger partial charge in [0, 0.05) is 19.2 Å². The minimum atomic E-state index is -0.397. The van der Waals surface area contributed by atoms with Crippen molar-refractivity contribution in [2.45, 2.75) is 25.9 Å². The Bertz CT molecular complexity index is 803. The summed E-state index contributed by atoms with van der Waals surface area (Å²) < 4.78 is 18.2. The van der Waals surface area contributed by atoms with Gasteiger partial charge in [0.2, 0.25) is 0 Å². The fourth-order valence-corrected chi connectivity index (χ4v) is 2.22. The van der Waals surface area contributed by atoms with Gasteiger partial charge in [0.05, 0.1) is 11.7 Å². The molecule has 3 rings (SSSR count). The summed E-state index contributed by atoms with van der Waals surface area (Å²) in [5.74, 6) is 1.30. The number of pyridine rings is 1. The molecule has 0 aliphatic heterocycles. The number of hydrogen-bond acceptors (Lipinski definition) is 6. The minimum Gasteiger partial charge on any atom is -0.391 e. The number of halogens is 1. The van der Waals surface area contributed by atoms with Crippen LogP contribution in [0.15, 0.2) is 47.1 Å². The lowest BCUT2D eigenvalue weighted by Crippen LogP contribution is -2.18. The zero-order chi connectivity index (χ0) is 17.6. The molecule has 1 unspecified atom stereocenters. The molecular weight excluding hydrogens is 323 g/mol. The molecule has 0 spiro atoms. The van der Waals surface area contributed by atoms with Crippen molar-refractivity contribution in [3.8, 4) is 11.5 Å². The molecule has 6 nitrogen and oxygen atoms in total. The highest BCUT2D eigenvalue weighted by Crippen LogP contribution is 2.19. The van der Waals surface area contributed by atoms with Crippen LogP contribution >= 0.6 is 0 Å². The maximum absolute atomic E-state index is 12.9. The molecule has 3 aromatic rings. The number of anilines is 1. The standard InChI is InChI=1S/C18H19FN4O2/c1-2-15(24)11-21-16-8-5-13(10-20-16)18-22-17(23-25-18)9-12-3-6-14(19)7-4-12/h3-8,10,15,24H,2,9,11H2,1H3,(H,20,21). The smallest absolute Gasteiger partial charge is 0.259 e. The normalized spacial score (nSPS) is 12.1. The van der Waals surface area contributed by atoms with Gasteiger partial charge in [-0.1, -0.05) is 24.2 Å². The topological polar surface area (TPSA) is 84.1 Å². The minimum absolute atomic E-state index is 0.274. The molecule has 0 aliphatic rings. The molecule has 0 fully saturated rings. The molecule has 0 radical (unpaired) electrons. The predicted octanol–water partition coefficient (Wildman–Crippen LogP) is 3.04. The number of nitrogens with zero attached hydrogens (tertiary/aromatic N) is 3. The van der Waals surface area contributed by atoms with Crippen LogP contribution in [0, 0.1) is 5.82 Å². The van der Waals surface area contributed by atoms with Gasteiger partial charge in [-0.05, 0) is 36.2 Å². The van der Waals surface area contributed by atoms with Gasteiger partial charge in [0.15, 0.2) is 5.82 Å². The second-order valence-corrected chi connectivity index (χ2v) is 5.69. The van der Waals surface area contributed by atoms with Crippen molar-refractivity contribution in [2.24, 2.45) is 0 Å². The first-order valence-electron chi connectivity index (χ1n) is 8.09. The largest absolute Gasteiger partial charge is 0.391 e. The average molecular weight is 342 g/mol. The van der Waals surface area contributed by atoms with E-state index in [4.69, 9.17) is 4.52 Å². The molecule has 0 aliphatic carbocycles. The van der Waals surface area contributed by atoms with E-state index in [0.29, 0.717) is 42.5 Å². The average Bonchev–Trinajstić information content (AvgIpc) is 3.10. The SMILES string of the molecule is CCC(O)CNc1ccc(-c2nc(Cc3ccc(F)cc3)no2)cn1. The molecule has 25 heavy (non-hydrogen) atoms. The van der Waals surface area contributed by atoms with Crippen molar-refractivity contribution in [2.75, 3.05) is 11.9 Å². The van der Waals surface area contributed by atoms with Crippen LogP contribution in [-0.4, -0.2) is 32.9 Å². The molecule has 0 saturated carbocycles. The van der Waals surface area contributed by atoms with Gasteiger partial charge in [-0.3, -0.25) is 0 Å². The predicted molar refractivity (Wildman–Crippen MR) is 91.5 cm³/mol. The van der Waals surface area contributed by atoms with Gasteiger partial charge in [-0.15, -0.1) is 0 Å². The van der Waals surface area contributed by atoms with Crippen molar-refractivity contribution in [1.82, 2.24) is 15.1 Å². The van der Waals surface area contributed by atoms with Crippen LogP contribution in [-0.2, 0) is 6.42 Å². The second-order valence-electron chi connectivity index (χ2n) is 5.69. The Labute approximate surface area is 144 Å². The third-order valence-corrected chi connectivity index (χ3v) is 3.74. The summed E-state index contributed by atoms with van der Waals surface area (Å²) in [5.41, 5.74) is 1.61. The third kappa shape index (κ3) is 4.60. The summed E-state index contributed by atoms with van der Waals surface area (Å²) >= 11 is 0. The fourth-order valence-electron chi connectivity index (χ4n) is 2.22. The van der Waals surface area contributed by atoms with Crippen molar-refractivity contribution in [3.05, 3.63) is 59.8 Å². The van der Waals surface area contributed by atoms with Crippen LogP contribution in [0.1, 0.15) is 24.7 Å². The summed E-state index contributed by atoms with van der Waals surface area (Å²) in [5, 5.41) is 16.6. The van der Waals surface area contributed by atoms with Crippen molar-refractivity contribution < 1.29 is 14.0 Å². The lowest BCUT2D eigenvalue weighted by atomic mass is 10.1. The number of hydrogen-bond donors (Lipinski definition) is 2. The lowest BCUT2D eigenvalue weighted by Gasteiger charge is -2.09. The molecule has 0 bridgehead atoms. The molecule has 2 aromatic heterocycles. The van der Waals surface area contributed by atoms with E-state index in [2.05, 4.69) is 20.4 Å². The number of benzene rings is 1. The monoisotopic (exact) mass is 342 g/mol. The number of aliphatic hydroxyl groups is 1. The van der Waals surface area contributed by atoms with E-state index in [1.54, 1.807) is 24.4 Å². The van der Waals surface area contributed by atoms with Crippen LogP contribution in [0.3, 0.4) is 0 Å². The third-order valence-electron chi connectivity index (χ3n) is 3.74. The summed E-state index contributed by atoms with van der Waals surface area (Å²) in [6, 6.07) is 9.81. The molecule has 1 atom stereocenters. The lowest BCUT2D eigenvalue weighted by molar-refractivity contribution is 0.183. The number of rotatable bonds is 7. The van der Waals surface area contributed by atoms with E-state index in [0.717, 1.165) is 5.56 Å². The van der Waals surface area contributed by atoms with E-state index in [-0.39, 0.29) is 5.82 Å². The van der Waals surface area contributed by atoms with Crippen molar-refractivity contribution in [3.63, 3.8) is 0 Å². The fraction of sp³-hybridized carbons (Fsp3) is 0.278. The zero-order valence-corrected chi connectivity index (χ0v) is 13.8. The van der Waals surface area contributed by atoms with E-state index >= 15 is 0 Å². The maximum atomic E-state index is 12.9. The summed E-state index contributed by atoms with van der Waals surface area (Å²) in [4.78, 5) is 8.62. The molecule has 2 heterocycles. The highest BCUT2D eigenvalue weighted by Gasteiger charge is 2.10. The first-order chi connectivity index (χ1) is 12.1. The number of aliphatic hydroxyl groups excluding tert-OH is 1. The molecular formula is C18H19FN4O2. The van der Waals surface area contributed by atoms with Gasteiger partial charge in [-0.25, -0.2) is 9.37 Å². The molecule has 7 heteroatoms. The highest BCUT2D eigenvalue weighted by atomic mass is 19.1. The highest BCUT2D eigenvalue weighted by molar-refractivity contribution is 5.54. The van der Waals surface area contributed by atoms with Crippen molar-refractivity contribution in [1.29, 1.82) is 0 Å². The summed E-state index contributed by atoms with van der Waals surface area (Å²) in [7, 11) is 0. The van der Waals surface area contributed by atoms with Crippen LogP contribution in [0.5, 0.6) is 0 Å². The van der Waals surface area contributed by atoms with Gasteiger partial charge in [0.1, 0.15) is 11.6 Å². The Kier molecular flexibility index (Phi) is 5.35. The second kappa shape index (κ2) is 7.85. The molecule has 130 valence electrons. The molecule has 2 N–H and O–H groups in total. The molecule has 1 aromatic carbocycles. The Morgan fingerprint density at radius 2 is 2.00 bits per heavy atom. The van der Waals surface area contributed by atoms with E-state index in [9.17, 15) is 9.50 Å². The summed E-state index contributed by atoms with van der Waals surface area (Å²) in [6.45, 7) is 2.37. The van der Waals surface area contributed by atoms with Crippen LogP contribution in [0.2, 0.25) is 0 Å². The Morgan fingerprint density at radius 1 is 1.20 bits per heavy atom. The Hall–Kier alpha value is -2.80. The van der Waals surface area contributed by atoms with Crippen LogP contribution < -0.4 is 5.32 Å². The van der Waals surface area contributed by atoms with E-state index < -0.39 is 6.10 Å². The number of nitrogens with one attached hydrogen (secondary N) is 1. The van der Waals surface area contributed by atoms with E-state index in [1.807, 2.05) is 13.0 Å². The first-order valence-corrected chi connectivity index (χ1v) is 8.09. The van der Waals surface area contributed by atoms with Gasteiger partial charge in [-0.2, -0.15) is 4.98 Å². The van der Waals surface area contributed by atoms with Gasteiger partial charge in [0.25, 0.3) is 5.89 Å². The van der Waals surface area contributed by atoms with Crippen molar-refractivity contribution >= 4 is 5.82 Å². The Balaban J connectivity index is 1.64.